The van der Waals surface area contributed by atoms with Crippen molar-refractivity contribution in [3.63, 3.8) is 0 Å². The first-order valence-electron chi connectivity index (χ1n) is 20.1. The average molecular weight is 702 g/mol. The number of aromatic nitrogens is 3. The molecule has 2 aliphatic rings. The largest absolute Gasteiger partial charge is 0.354 e. The topological polar surface area (TPSA) is 145 Å². The van der Waals surface area contributed by atoms with Gasteiger partial charge in [0.15, 0.2) is 5.82 Å². The normalized spacial score (nSPS) is 21.7. The molecule has 0 amide bonds. The minimum Gasteiger partial charge on any atom is -0.354 e. The summed E-state index contributed by atoms with van der Waals surface area (Å²) in [5.41, 5.74) is 12.7. The molecule has 2 saturated heterocycles. The van der Waals surface area contributed by atoms with Crippen LogP contribution in [0.15, 0.2) is 0 Å². The predicted octanol–water partition coefficient (Wildman–Crippen LogP) is 5.75. The highest BCUT2D eigenvalue weighted by molar-refractivity contribution is 5.35. The van der Waals surface area contributed by atoms with E-state index in [4.69, 9.17) is 26.4 Å². The maximum atomic E-state index is 6.07. The van der Waals surface area contributed by atoms with Gasteiger partial charge in [-0.05, 0) is 152 Å². The lowest BCUT2D eigenvalue weighted by Crippen LogP contribution is -2.58. The number of piperidine rings is 2. The number of unbranched alkanes of at least 4 members (excludes halogenated alkanes) is 2. The molecule has 1 aromatic rings. The molecule has 0 bridgehead atoms. The summed E-state index contributed by atoms with van der Waals surface area (Å²) in [5, 5.41) is 14.2. The molecular formula is C39H79N11. The minimum absolute atomic E-state index is 0.0345. The van der Waals surface area contributed by atoms with E-state index in [9.17, 15) is 0 Å². The Bertz CT molecular complexity index is 1020. The number of nitrogens with one attached hydrogen (secondary N) is 4. The van der Waals surface area contributed by atoms with Crippen molar-refractivity contribution in [2.45, 2.75) is 161 Å². The van der Waals surface area contributed by atoms with Gasteiger partial charge in [-0.25, -0.2) is 0 Å². The van der Waals surface area contributed by atoms with E-state index in [0.717, 1.165) is 76.1 Å². The van der Waals surface area contributed by atoms with Gasteiger partial charge in [0.2, 0.25) is 11.9 Å². The highest BCUT2D eigenvalue weighted by Crippen LogP contribution is 2.43. The molecule has 2 fully saturated rings. The third kappa shape index (κ3) is 13.1. The van der Waals surface area contributed by atoms with Gasteiger partial charge in [-0.3, -0.25) is 9.80 Å². The smallest absolute Gasteiger partial charge is 0.227 e. The van der Waals surface area contributed by atoms with Crippen LogP contribution in [-0.2, 0) is 0 Å². The van der Waals surface area contributed by atoms with E-state index in [1.807, 2.05) is 0 Å². The third-order valence-electron chi connectivity index (χ3n) is 12.1. The van der Waals surface area contributed by atoms with Crippen LogP contribution in [0, 0.1) is 11.8 Å². The molecule has 2 aliphatic heterocycles. The quantitative estimate of drug-likeness (QED) is 0.0822. The summed E-state index contributed by atoms with van der Waals surface area (Å²) in [7, 11) is 4.58. The van der Waals surface area contributed by atoms with Gasteiger partial charge in [0.05, 0.1) is 6.04 Å². The fraction of sp³-hybridized carbons (Fsp3) is 0.923. The first-order valence-corrected chi connectivity index (χ1v) is 20.1. The summed E-state index contributed by atoms with van der Waals surface area (Å²) in [6.45, 7) is 24.7. The van der Waals surface area contributed by atoms with Crippen LogP contribution >= 0.6 is 0 Å². The van der Waals surface area contributed by atoms with Crippen molar-refractivity contribution in [2.24, 2.45) is 23.3 Å². The van der Waals surface area contributed by atoms with Crippen LogP contribution in [-0.4, -0.2) is 107 Å². The molecule has 3 heterocycles. The maximum Gasteiger partial charge on any atom is 0.227 e. The Labute approximate surface area is 307 Å². The molecule has 0 radical (unpaired) electrons. The summed E-state index contributed by atoms with van der Waals surface area (Å²) in [6.07, 6.45) is 13.9. The number of likely N-dealkylation sites (tertiary alicyclic amines) is 2. The summed E-state index contributed by atoms with van der Waals surface area (Å²) in [5.74, 6) is 3.59. The van der Waals surface area contributed by atoms with Crippen molar-refractivity contribution in [1.29, 1.82) is 0 Å². The van der Waals surface area contributed by atoms with Crippen LogP contribution in [0.25, 0.3) is 0 Å². The zero-order valence-electron chi connectivity index (χ0n) is 34.1. The Hall–Kier alpha value is -1.63. The number of nitrogens with zero attached hydrogens (tertiary/aromatic N) is 5. The van der Waals surface area contributed by atoms with Gasteiger partial charge in [-0.15, -0.1) is 0 Å². The van der Waals surface area contributed by atoms with E-state index in [-0.39, 0.29) is 28.2 Å². The Morgan fingerprint density at radius 3 is 1.48 bits per heavy atom. The third-order valence-corrected chi connectivity index (χ3v) is 12.1. The first-order chi connectivity index (χ1) is 23.5. The second kappa shape index (κ2) is 19.4. The molecule has 11 nitrogen and oxygen atoms in total. The lowest BCUT2D eigenvalue weighted by Gasteiger charge is -2.54. The first kappa shape index (κ1) is 42.8. The Morgan fingerprint density at radius 1 is 0.600 bits per heavy atom. The SMILES string of the molecule is CN1C(C)(C)CC(CCCCNc2nc(NCCCCC3CC(C)(C)N(C)C(C)(C)C3)nc(C(CCN)NCCNCCCN)n2)CC1(C)C. The summed E-state index contributed by atoms with van der Waals surface area (Å²) in [6, 6.07) is -0.0345. The number of anilines is 2. The zero-order chi connectivity index (χ0) is 37.0. The van der Waals surface area contributed by atoms with Gasteiger partial charge in [0, 0.05) is 48.3 Å². The molecule has 50 heavy (non-hydrogen) atoms. The lowest BCUT2D eigenvalue weighted by molar-refractivity contribution is -0.0323. The molecule has 0 aliphatic carbocycles. The molecule has 290 valence electrons. The van der Waals surface area contributed by atoms with Gasteiger partial charge in [-0.1, -0.05) is 25.7 Å². The molecule has 1 aromatic heterocycles. The Morgan fingerprint density at radius 2 is 1.06 bits per heavy atom. The number of rotatable bonds is 22. The van der Waals surface area contributed by atoms with Gasteiger partial charge in [0.1, 0.15) is 0 Å². The van der Waals surface area contributed by atoms with Crippen molar-refractivity contribution < 1.29 is 0 Å². The predicted molar refractivity (Wildman–Crippen MR) is 213 cm³/mol. The van der Waals surface area contributed by atoms with E-state index in [1.165, 1.54) is 51.4 Å². The average Bonchev–Trinajstić information content (AvgIpc) is 3.02. The van der Waals surface area contributed by atoms with Crippen molar-refractivity contribution in [3.05, 3.63) is 5.82 Å². The molecule has 1 unspecified atom stereocenters. The maximum absolute atomic E-state index is 6.07. The van der Waals surface area contributed by atoms with E-state index >= 15 is 0 Å². The van der Waals surface area contributed by atoms with Crippen molar-refractivity contribution in [1.82, 2.24) is 35.4 Å². The zero-order valence-corrected chi connectivity index (χ0v) is 34.1. The van der Waals surface area contributed by atoms with E-state index in [0.29, 0.717) is 25.0 Å². The Balaban J connectivity index is 1.57. The second-order valence-electron chi connectivity index (χ2n) is 18.1. The molecular weight excluding hydrogens is 623 g/mol. The fourth-order valence-corrected chi connectivity index (χ4v) is 8.96. The van der Waals surface area contributed by atoms with Crippen molar-refractivity contribution in [2.75, 3.05) is 70.5 Å². The van der Waals surface area contributed by atoms with Gasteiger partial charge in [-0.2, -0.15) is 15.0 Å². The Kier molecular flexibility index (Phi) is 16.6. The van der Waals surface area contributed by atoms with Gasteiger partial charge < -0.3 is 32.7 Å². The summed E-state index contributed by atoms with van der Waals surface area (Å²) < 4.78 is 0. The monoisotopic (exact) mass is 702 g/mol. The van der Waals surface area contributed by atoms with Crippen LogP contribution in [0.2, 0.25) is 0 Å². The van der Waals surface area contributed by atoms with Crippen molar-refractivity contribution >= 4 is 11.9 Å². The number of hydrogen-bond donors (Lipinski definition) is 6. The lowest BCUT2D eigenvalue weighted by atomic mass is 9.72. The standard InChI is InChI=1S/C39H79N11/c1-36(2)26-30(27-37(3,4)49(36)9)16-11-13-22-44-34-46-33(32(18-20-41)43-25-24-42-21-15-19-40)47-35(48-34)45-23-14-12-17-31-28-38(5,6)50(10)39(7,8)29-31/h30-32,42-43H,11-29,40-41H2,1-10H3,(H2,44,45,46,47,48). The number of hydrogen-bond acceptors (Lipinski definition) is 11. The molecule has 0 saturated carbocycles. The highest BCUT2D eigenvalue weighted by Gasteiger charge is 2.43. The van der Waals surface area contributed by atoms with Crippen LogP contribution in [0.1, 0.15) is 144 Å². The van der Waals surface area contributed by atoms with Crippen LogP contribution in [0.5, 0.6) is 0 Å². The van der Waals surface area contributed by atoms with Crippen molar-refractivity contribution in [3.8, 4) is 0 Å². The van der Waals surface area contributed by atoms with E-state index in [2.05, 4.69) is 101 Å². The van der Waals surface area contributed by atoms with E-state index < -0.39 is 0 Å². The minimum atomic E-state index is -0.0345. The van der Waals surface area contributed by atoms with Gasteiger partial charge >= 0.3 is 0 Å². The molecule has 8 N–H and O–H groups in total. The van der Waals surface area contributed by atoms with Crippen LogP contribution in [0.4, 0.5) is 11.9 Å². The van der Waals surface area contributed by atoms with Crippen LogP contribution in [0.3, 0.4) is 0 Å². The fourth-order valence-electron chi connectivity index (χ4n) is 8.96. The van der Waals surface area contributed by atoms with Gasteiger partial charge in [0.25, 0.3) is 0 Å². The molecule has 0 spiro atoms. The second-order valence-corrected chi connectivity index (χ2v) is 18.1. The van der Waals surface area contributed by atoms with Crippen LogP contribution < -0.4 is 32.7 Å². The molecule has 11 heteroatoms. The molecule has 1 atom stereocenters. The molecule has 3 rings (SSSR count). The summed E-state index contributed by atoms with van der Waals surface area (Å²) >= 11 is 0. The summed E-state index contributed by atoms with van der Waals surface area (Å²) in [4.78, 5) is 19.8. The number of nitrogens with two attached hydrogens (primary N) is 2. The molecule has 0 aromatic carbocycles. The van der Waals surface area contributed by atoms with E-state index in [1.54, 1.807) is 0 Å². The highest BCUT2D eigenvalue weighted by atomic mass is 15.2.